The van der Waals surface area contributed by atoms with Crippen molar-refractivity contribution in [1.82, 2.24) is 24.4 Å². The second-order valence-electron chi connectivity index (χ2n) is 5.84. The number of hydrogen-bond donors (Lipinski definition) is 1. The van der Waals surface area contributed by atoms with Gasteiger partial charge in [0.05, 0.1) is 0 Å². The number of aromatic nitrogens is 4. The summed E-state index contributed by atoms with van der Waals surface area (Å²) in [5.41, 5.74) is 0.342. The Hall–Kier alpha value is -2.44. The SMILES string of the molecule is Cc1cc(C(=O)N(C)CC2CCn3ccnc3C2)nc(=O)[nH]1. The molecular formula is C15H19N5O2. The zero-order valence-electron chi connectivity index (χ0n) is 12.7. The zero-order chi connectivity index (χ0) is 15.7. The van der Waals surface area contributed by atoms with Crippen molar-refractivity contribution in [3.05, 3.63) is 46.2 Å². The highest BCUT2D eigenvalue weighted by Crippen LogP contribution is 2.20. The van der Waals surface area contributed by atoms with Crippen molar-refractivity contribution in [3.63, 3.8) is 0 Å². The van der Waals surface area contributed by atoms with E-state index in [9.17, 15) is 9.59 Å². The van der Waals surface area contributed by atoms with Gasteiger partial charge in [-0.05, 0) is 25.3 Å². The largest absolute Gasteiger partial charge is 0.345 e. The van der Waals surface area contributed by atoms with Crippen LogP contribution in [0.25, 0.3) is 0 Å². The van der Waals surface area contributed by atoms with E-state index in [1.807, 2.05) is 12.4 Å². The Morgan fingerprint density at radius 3 is 3.14 bits per heavy atom. The molecule has 1 N–H and O–H groups in total. The van der Waals surface area contributed by atoms with Gasteiger partial charge in [0.2, 0.25) is 0 Å². The summed E-state index contributed by atoms with van der Waals surface area (Å²) in [4.78, 5) is 36.1. The van der Waals surface area contributed by atoms with Crippen molar-refractivity contribution < 1.29 is 4.79 Å². The van der Waals surface area contributed by atoms with Crippen LogP contribution in [0.5, 0.6) is 0 Å². The Labute approximate surface area is 128 Å². The number of carbonyl (C=O) groups is 1. The summed E-state index contributed by atoms with van der Waals surface area (Å²) >= 11 is 0. The Morgan fingerprint density at radius 2 is 2.36 bits per heavy atom. The van der Waals surface area contributed by atoms with E-state index in [0.717, 1.165) is 25.2 Å². The molecule has 0 aromatic carbocycles. The molecule has 22 heavy (non-hydrogen) atoms. The van der Waals surface area contributed by atoms with Gasteiger partial charge >= 0.3 is 5.69 Å². The van der Waals surface area contributed by atoms with E-state index < -0.39 is 5.69 Å². The number of rotatable bonds is 3. The van der Waals surface area contributed by atoms with E-state index in [-0.39, 0.29) is 11.6 Å². The number of aryl methyl sites for hydroxylation is 2. The fourth-order valence-corrected chi connectivity index (χ4v) is 2.93. The summed E-state index contributed by atoms with van der Waals surface area (Å²) in [6, 6.07) is 1.60. The van der Waals surface area contributed by atoms with Crippen LogP contribution in [0.4, 0.5) is 0 Å². The first-order valence-corrected chi connectivity index (χ1v) is 7.36. The van der Waals surface area contributed by atoms with E-state index in [4.69, 9.17) is 0 Å². The molecule has 0 aliphatic carbocycles. The van der Waals surface area contributed by atoms with E-state index in [2.05, 4.69) is 19.5 Å². The third-order valence-electron chi connectivity index (χ3n) is 4.03. The molecule has 3 rings (SSSR count). The second kappa shape index (κ2) is 5.75. The number of nitrogens with zero attached hydrogens (tertiary/aromatic N) is 4. The number of aromatic amines is 1. The monoisotopic (exact) mass is 301 g/mol. The molecule has 7 nitrogen and oxygen atoms in total. The smallest absolute Gasteiger partial charge is 0.340 e. The predicted octanol–water partition coefficient (Wildman–Crippen LogP) is 0.609. The summed E-state index contributed by atoms with van der Waals surface area (Å²) < 4.78 is 2.15. The van der Waals surface area contributed by atoms with Gasteiger partial charge in [-0.25, -0.2) is 9.78 Å². The summed E-state index contributed by atoms with van der Waals surface area (Å²) in [6.07, 6.45) is 5.69. The van der Waals surface area contributed by atoms with Gasteiger partial charge in [0.1, 0.15) is 11.5 Å². The molecule has 0 saturated heterocycles. The lowest BCUT2D eigenvalue weighted by molar-refractivity contribution is 0.0757. The van der Waals surface area contributed by atoms with Gasteiger partial charge in [-0.3, -0.25) is 4.79 Å². The molecule has 2 aromatic heterocycles. The first-order valence-electron chi connectivity index (χ1n) is 7.36. The Bertz CT molecular complexity index is 748. The number of carbonyl (C=O) groups excluding carboxylic acids is 1. The normalized spacial score (nSPS) is 17.1. The van der Waals surface area contributed by atoms with Gasteiger partial charge < -0.3 is 14.5 Å². The van der Waals surface area contributed by atoms with Gasteiger partial charge in [-0.15, -0.1) is 0 Å². The lowest BCUT2D eigenvalue weighted by atomic mass is 9.97. The van der Waals surface area contributed by atoms with Crippen LogP contribution in [0.3, 0.4) is 0 Å². The molecule has 0 fully saturated rings. The number of fused-ring (bicyclic) bond motifs is 1. The molecule has 0 spiro atoms. The average Bonchev–Trinajstić information content (AvgIpc) is 2.93. The van der Waals surface area contributed by atoms with Crippen LogP contribution < -0.4 is 5.69 Å². The van der Waals surface area contributed by atoms with Crippen LogP contribution in [0.2, 0.25) is 0 Å². The quantitative estimate of drug-likeness (QED) is 0.900. The Morgan fingerprint density at radius 1 is 1.55 bits per heavy atom. The first-order chi connectivity index (χ1) is 10.5. The summed E-state index contributed by atoms with van der Waals surface area (Å²) in [6.45, 7) is 3.31. The number of imidazole rings is 1. The van der Waals surface area contributed by atoms with Crippen LogP contribution >= 0.6 is 0 Å². The Balaban J connectivity index is 1.68. The van der Waals surface area contributed by atoms with Crippen LogP contribution in [0, 0.1) is 12.8 Å². The number of nitrogens with one attached hydrogen (secondary N) is 1. The number of H-pyrrole nitrogens is 1. The number of amides is 1. The summed E-state index contributed by atoms with van der Waals surface area (Å²) in [5.74, 6) is 1.23. The molecular weight excluding hydrogens is 282 g/mol. The molecule has 0 bridgehead atoms. The van der Waals surface area contributed by atoms with Crippen molar-refractivity contribution in [3.8, 4) is 0 Å². The molecule has 0 saturated carbocycles. The molecule has 1 amide bonds. The maximum absolute atomic E-state index is 12.4. The molecule has 1 aliphatic rings. The van der Waals surface area contributed by atoms with E-state index in [1.54, 1.807) is 24.9 Å². The van der Waals surface area contributed by atoms with E-state index in [1.165, 1.54) is 0 Å². The van der Waals surface area contributed by atoms with Gasteiger partial charge in [0.15, 0.2) is 0 Å². The molecule has 1 unspecified atom stereocenters. The fourth-order valence-electron chi connectivity index (χ4n) is 2.93. The molecule has 1 atom stereocenters. The summed E-state index contributed by atoms with van der Waals surface area (Å²) in [7, 11) is 1.75. The van der Waals surface area contributed by atoms with Crippen molar-refractivity contribution in [2.45, 2.75) is 26.3 Å². The third kappa shape index (κ3) is 2.93. The van der Waals surface area contributed by atoms with Crippen LogP contribution in [0.15, 0.2) is 23.3 Å². The maximum atomic E-state index is 12.4. The van der Waals surface area contributed by atoms with E-state index >= 15 is 0 Å². The third-order valence-corrected chi connectivity index (χ3v) is 4.03. The zero-order valence-corrected chi connectivity index (χ0v) is 12.7. The maximum Gasteiger partial charge on any atom is 0.345 e. The van der Waals surface area contributed by atoms with Gasteiger partial charge in [0.25, 0.3) is 5.91 Å². The average molecular weight is 301 g/mol. The number of hydrogen-bond acceptors (Lipinski definition) is 4. The van der Waals surface area contributed by atoms with Gasteiger partial charge in [-0.2, -0.15) is 4.98 Å². The van der Waals surface area contributed by atoms with Crippen molar-refractivity contribution in [2.75, 3.05) is 13.6 Å². The van der Waals surface area contributed by atoms with Crippen molar-refractivity contribution >= 4 is 5.91 Å². The second-order valence-corrected chi connectivity index (χ2v) is 5.84. The van der Waals surface area contributed by atoms with Gasteiger partial charge in [-0.1, -0.05) is 0 Å². The summed E-state index contributed by atoms with van der Waals surface area (Å²) in [5, 5.41) is 0. The van der Waals surface area contributed by atoms with Crippen molar-refractivity contribution in [1.29, 1.82) is 0 Å². The minimum atomic E-state index is -0.489. The minimum absolute atomic E-state index is 0.195. The highest BCUT2D eigenvalue weighted by atomic mass is 16.2. The first kappa shape index (κ1) is 14.5. The predicted molar refractivity (Wildman–Crippen MR) is 80.6 cm³/mol. The Kier molecular flexibility index (Phi) is 3.79. The fraction of sp³-hybridized carbons (Fsp3) is 0.467. The molecule has 2 aromatic rings. The van der Waals surface area contributed by atoms with Gasteiger partial charge in [0, 0.05) is 44.6 Å². The lowest BCUT2D eigenvalue weighted by Crippen LogP contribution is -2.36. The minimum Gasteiger partial charge on any atom is -0.340 e. The van der Waals surface area contributed by atoms with Crippen LogP contribution in [-0.4, -0.2) is 43.9 Å². The lowest BCUT2D eigenvalue weighted by Gasteiger charge is -2.27. The topological polar surface area (TPSA) is 83.9 Å². The standard InChI is InChI=1S/C15H19N5O2/c1-10-7-12(18-15(22)17-10)14(21)19(2)9-11-3-5-20-6-4-16-13(20)8-11/h4,6-7,11H,3,5,8-9H2,1-2H3,(H,17,18,22). The highest BCUT2D eigenvalue weighted by Gasteiger charge is 2.23. The van der Waals surface area contributed by atoms with Crippen molar-refractivity contribution in [2.24, 2.45) is 5.92 Å². The van der Waals surface area contributed by atoms with Crippen LogP contribution in [0.1, 0.15) is 28.4 Å². The molecule has 0 radical (unpaired) electrons. The highest BCUT2D eigenvalue weighted by molar-refractivity contribution is 5.92. The van der Waals surface area contributed by atoms with Crippen LogP contribution in [-0.2, 0) is 13.0 Å². The molecule has 116 valence electrons. The molecule has 1 aliphatic heterocycles. The molecule has 3 heterocycles. The van der Waals surface area contributed by atoms with E-state index in [0.29, 0.717) is 18.2 Å². The molecule has 7 heteroatoms.